The van der Waals surface area contributed by atoms with Crippen molar-refractivity contribution in [3.8, 4) is 0 Å². The number of anilines is 4. The summed E-state index contributed by atoms with van der Waals surface area (Å²) >= 11 is 0. The zero-order valence-corrected chi connectivity index (χ0v) is 18.0. The van der Waals surface area contributed by atoms with Gasteiger partial charge in [0.2, 0.25) is 0 Å². The lowest BCUT2D eigenvalue weighted by Crippen LogP contribution is -2.30. The van der Waals surface area contributed by atoms with Crippen molar-refractivity contribution in [2.75, 3.05) is 30.2 Å². The first kappa shape index (κ1) is 22.0. The number of sulfonamides is 1. The van der Waals surface area contributed by atoms with Crippen LogP contribution in [0.15, 0.2) is 59.8 Å². The van der Waals surface area contributed by atoms with Gasteiger partial charge in [-0.1, -0.05) is 29.8 Å². The van der Waals surface area contributed by atoms with Gasteiger partial charge in [-0.3, -0.25) is 5.43 Å². The fourth-order valence-electron chi connectivity index (χ4n) is 2.81. The molecule has 31 heavy (non-hydrogen) atoms. The monoisotopic (exact) mass is 442 g/mol. The van der Waals surface area contributed by atoms with E-state index in [-0.39, 0.29) is 22.2 Å². The summed E-state index contributed by atoms with van der Waals surface area (Å²) < 4.78 is 29.8. The number of para-hydroxylation sites is 1. The molecule has 0 atom stereocenters. The number of nitrogens with one attached hydrogen (secondary N) is 2. The van der Waals surface area contributed by atoms with Crippen molar-refractivity contribution >= 4 is 39.0 Å². The fourth-order valence-corrected chi connectivity index (χ4v) is 3.65. The maximum absolute atomic E-state index is 12.5. The van der Waals surface area contributed by atoms with Gasteiger partial charge in [-0.2, -0.15) is 0 Å². The summed E-state index contributed by atoms with van der Waals surface area (Å²) in [6.45, 7) is 1.86. The van der Waals surface area contributed by atoms with Gasteiger partial charge in [0.05, 0.1) is 23.3 Å². The van der Waals surface area contributed by atoms with E-state index in [2.05, 4.69) is 20.2 Å². The van der Waals surface area contributed by atoms with Crippen LogP contribution in [0.25, 0.3) is 0 Å². The standard InChI is InChI=1S/C20H22N6O4S/c1-13-8-10-14(11-9-13)31(28,29)25-24-18-17(21)19(23-12-22-18)26(2)16-7-5-4-6-15(16)20(27)30-3/h4-12,25H,21H2,1-3H3,(H,22,23,24). The molecule has 3 aromatic rings. The van der Waals surface area contributed by atoms with Crippen molar-refractivity contribution in [3.05, 3.63) is 66.0 Å². The van der Waals surface area contributed by atoms with Crippen molar-refractivity contribution in [2.45, 2.75) is 11.8 Å². The highest BCUT2D eigenvalue weighted by Crippen LogP contribution is 2.32. The van der Waals surface area contributed by atoms with Gasteiger partial charge in [0, 0.05) is 7.05 Å². The molecule has 0 bridgehead atoms. The highest BCUT2D eigenvalue weighted by Gasteiger charge is 2.20. The number of hydrazine groups is 1. The van der Waals surface area contributed by atoms with E-state index in [1.807, 2.05) is 6.92 Å². The molecule has 11 heteroatoms. The average molecular weight is 443 g/mol. The number of hydrogen-bond acceptors (Lipinski definition) is 9. The quantitative estimate of drug-likeness (QED) is 0.371. The van der Waals surface area contributed by atoms with E-state index in [0.29, 0.717) is 11.3 Å². The lowest BCUT2D eigenvalue weighted by atomic mass is 10.1. The number of esters is 1. The number of aromatic nitrogens is 2. The summed E-state index contributed by atoms with van der Waals surface area (Å²) in [7, 11) is -0.891. The molecule has 0 amide bonds. The van der Waals surface area contributed by atoms with Crippen LogP contribution in [0.3, 0.4) is 0 Å². The van der Waals surface area contributed by atoms with Gasteiger partial charge in [-0.05, 0) is 31.2 Å². The second kappa shape index (κ2) is 8.98. The molecule has 4 N–H and O–H groups in total. The molecule has 0 spiro atoms. The Hall–Kier alpha value is -3.70. The maximum atomic E-state index is 12.5. The number of carbonyl (C=O) groups excluding carboxylic acids is 1. The largest absolute Gasteiger partial charge is 0.465 e. The van der Waals surface area contributed by atoms with Crippen LogP contribution in [0.2, 0.25) is 0 Å². The molecule has 0 unspecified atom stereocenters. The Balaban J connectivity index is 1.87. The number of hydrogen-bond donors (Lipinski definition) is 3. The van der Waals surface area contributed by atoms with E-state index in [1.54, 1.807) is 48.3 Å². The van der Waals surface area contributed by atoms with E-state index in [0.717, 1.165) is 5.56 Å². The predicted molar refractivity (Wildman–Crippen MR) is 117 cm³/mol. The van der Waals surface area contributed by atoms with Crippen LogP contribution in [0.1, 0.15) is 15.9 Å². The third-order valence-electron chi connectivity index (χ3n) is 4.49. The fraction of sp³-hybridized carbons (Fsp3) is 0.150. The topological polar surface area (TPSA) is 140 Å². The summed E-state index contributed by atoms with van der Waals surface area (Å²) in [5.41, 5.74) is 10.6. The van der Waals surface area contributed by atoms with Crippen LogP contribution in [0.4, 0.5) is 23.0 Å². The molecule has 0 aliphatic carbocycles. The Bertz CT molecular complexity index is 1200. The molecular formula is C20H22N6O4S. The van der Waals surface area contributed by atoms with E-state index < -0.39 is 16.0 Å². The Kier molecular flexibility index (Phi) is 6.37. The second-order valence-corrected chi connectivity index (χ2v) is 8.25. The highest BCUT2D eigenvalue weighted by molar-refractivity contribution is 7.89. The number of nitrogen functional groups attached to an aromatic ring is 1. The zero-order valence-electron chi connectivity index (χ0n) is 17.2. The number of carbonyl (C=O) groups is 1. The molecule has 3 rings (SSSR count). The van der Waals surface area contributed by atoms with Crippen LogP contribution in [0, 0.1) is 6.92 Å². The molecule has 162 valence electrons. The van der Waals surface area contributed by atoms with Gasteiger partial charge in [-0.15, -0.1) is 4.83 Å². The molecule has 1 heterocycles. The van der Waals surface area contributed by atoms with E-state index in [4.69, 9.17) is 10.5 Å². The minimum Gasteiger partial charge on any atom is -0.465 e. The summed E-state index contributed by atoms with van der Waals surface area (Å²) in [6.07, 6.45) is 1.23. The third-order valence-corrected chi connectivity index (χ3v) is 5.75. The SMILES string of the molecule is COC(=O)c1ccccc1N(C)c1ncnc(NNS(=O)(=O)c2ccc(C)cc2)c1N. The number of ether oxygens (including phenoxy) is 1. The zero-order chi connectivity index (χ0) is 22.6. The van der Waals surface area contributed by atoms with Crippen molar-refractivity contribution in [1.29, 1.82) is 0 Å². The van der Waals surface area contributed by atoms with Crippen molar-refractivity contribution < 1.29 is 17.9 Å². The van der Waals surface area contributed by atoms with Crippen LogP contribution in [-0.2, 0) is 14.8 Å². The minimum absolute atomic E-state index is 0.0584. The van der Waals surface area contributed by atoms with Crippen LogP contribution in [-0.4, -0.2) is 38.5 Å². The molecule has 0 aliphatic heterocycles. The molecule has 2 aromatic carbocycles. The summed E-state index contributed by atoms with van der Waals surface area (Å²) in [5, 5.41) is 0. The number of methoxy groups -OCH3 is 1. The molecule has 10 nitrogen and oxygen atoms in total. The number of rotatable bonds is 7. The van der Waals surface area contributed by atoms with Crippen molar-refractivity contribution in [3.63, 3.8) is 0 Å². The average Bonchev–Trinajstić information content (AvgIpc) is 2.77. The summed E-state index contributed by atoms with van der Waals surface area (Å²) in [6, 6.07) is 13.2. The van der Waals surface area contributed by atoms with E-state index >= 15 is 0 Å². The molecule has 0 fully saturated rings. The van der Waals surface area contributed by atoms with Gasteiger partial charge in [-0.25, -0.2) is 23.2 Å². The lowest BCUT2D eigenvalue weighted by Gasteiger charge is -2.23. The highest BCUT2D eigenvalue weighted by atomic mass is 32.2. The molecule has 0 saturated heterocycles. The van der Waals surface area contributed by atoms with E-state index in [1.165, 1.54) is 25.6 Å². The van der Waals surface area contributed by atoms with Gasteiger partial charge >= 0.3 is 5.97 Å². The normalized spacial score (nSPS) is 11.1. The summed E-state index contributed by atoms with van der Waals surface area (Å²) in [5.74, 6) is -0.189. The van der Waals surface area contributed by atoms with Crippen LogP contribution in [0.5, 0.6) is 0 Å². The van der Waals surface area contributed by atoms with E-state index in [9.17, 15) is 13.2 Å². The predicted octanol–water partition coefficient (Wildman–Crippen LogP) is 2.23. The van der Waals surface area contributed by atoms with Gasteiger partial charge < -0.3 is 15.4 Å². The first-order chi connectivity index (χ1) is 14.7. The number of benzene rings is 2. The smallest absolute Gasteiger partial charge is 0.339 e. The second-order valence-electron chi connectivity index (χ2n) is 6.57. The van der Waals surface area contributed by atoms with Crippen molar-refractivity contribution in [2.24, 2.45) is 0 Å². The summed E-state index contributed by atoms with van der Waals surface area (Å²) in [4.78, 5) is 24.2. The minimum atomic E-state index is -3.85. The molecular weight excluding hydrogens is 420 g/mol. The molecule has 0 aliphatic rings. The first-order valence-corrected chi connectivity index (χ1v) is 10.6. The van der Waals surface area contributed by atoms with Crippen molar-refractivity contribution in [1.82, 2.24) is 14.8 Å². The van der Waals surface area contributed by atoms with Crippen LogP contribution < -0.4 is 20.9 Å². The van der Waals surface area contributed by atoms with Gasteiger partial charge in [0.15, 0.2) is 11.6 Å². The molecule has 0 saturated carbocycles. The van der Waals surface area contributed by atoms with Gasteiger partial charge in [0.25, 0.3) is 10.0 Å². The maximum Gasteiger partial charge on any atom is 0.339 e. The number of aryl methyl sites for hydroxylation is 1. The Morgan fingerprint density at radius 2 is 1.77 bits per heavy atom. The number of nitrogens with two attached hydrogens (primary N) is 1. The first-order valence-electron chi connectivity index (χ1n) is 9.10. The lowest BCUT2D eigenvalue weighted by molar-refractivity contribution is 0.0601. The van der Waals surface area contributed by atoms with Gasteiger partial charge in [0.1, 0.15) is 12.0 Å². The Morgan fingerprint density at radius 3 is 2.45 bits per heavy atom. The molecule has 1 aromatic heterocycles. The molecule has 0 radical (unpaired) electrons. The Labute approximate surface area is 180 Å². The Morgan fingerprint density at radius 1 is 1.10 bits per heavy atom. The van der Waals surface area contributed by atoms with Crippen LogP contribution >= 0.6 is 0 Å². The number of nitrogens with zero attached hydrogens (tertiary/aromatic N) is 3. The third kappa shape index (κ3) is 4.73.